The number of carbonyl (C=O) groups is 1. The minimum Gasteiger partial charge on any atom is -0.490 e. The number of benzene rings is 1. The molecule has 2 fully saturated rings. The molecule has 0 unspecified atom stereocenters. The summed E-state index contributed by atoms with van der Waals surface area (Å²) in [6.07, 6.45) is 10.8. The molecular weight excluding hydrogens is 352 g/mol. The highest BCUT2D eigenvalue weighted by atomic mass is 16.5. The molecule has 2 aromatic rings. The highest BCUT2D eigenvalue weighted by Crippen LogP contribution is 2.28. The minimum absolute atomic E-state index is 0.154. The number of nitrogens with one attached hydrogen (secondary N) is 1. The first-order valence-corrected chi connectivity index (χ1v) is 10.6. The van der Waals surface area contributed by atoms with Crippen LogP contribution in [0.1, 0.15) is 63.5 Å². The summed E-state index contributed by atoms with van der Waals surface area (Å²) in [7, 11) is 1.87. The maximum Gasteiger partial charge on any atom is 0.223 e. The molecule has 4 rings (SSSR count). The zero-order valence-electron chi connectivity index (χ0n) is 16.7. The Labute approximate surface area is 166 Å². The third kappa shape index (κ3) is 4.37. The zero-order valence-corrected chi connectivity index (χ0v) is 16.7. The van der Waals surface area contributed by atoms with Crippen molar-refractivity contribution in [1.82, 2.24) is 20.3 Å². The molecule has 2 aliphatic carbocycles. The fraction of sp³-hybridized carbons (Fsp3) is 0.591. The monoisotopic (exact) mass is 382 g/mol. The second-order valence-corrected chi connectivity index (χ2v) is 8.11. The third-order valence-electron chi connectivity index (χ3n) is 6.08. The van der Waals surface area contributed by atoms with Gasteiger partial charge in [0.1, 0.15) is 11.4 Å². The van der Waals surface area contributed by atoms with Gasteiger partial charge in [-0.05, 0) is 62.8 Å². The van der Waals surface area contributed by atoms with Gasteiger partial charge in [0.15, 0.2) is 0 Å². The van der Waals surface area contributed by atoms with E-state index in [1.807, 2.05) is 31.3 Å². The predicted molar refractivity (Wildman–Crippen MR) is 108 cm³/mol. The van der Waals surface area contributed by atoms with Crippen LogP contribution in [0.3, 0.4) is 0 Å². The van der Waals surface area contributed by atoms with Crippen LogP contribution in [0.4, 0.5) is 0 Å². The van der Waals surface area contributed by atoms with Crippen molar-refractivity contribution in [2.24, 2.45) is 13.0 Å². The van der Waals surface area contributed by atoms with Crippen LogP contribution >= 0.6 is 0 Å². The van der Waals surface area contributed by atoms with Gasteiger partial charge in [-0.25, -0.2) is 4.68 Å². The summed E-state index contributed by atoms with van der Waals surface area (Å²) >= 11 is 0. The van der Waals surface area contributed by atoms with Gasteiger partial charge in [0.25, 0.3) is 0 Å². The van der Waals surface area contributed by atoms with Gasteiger partial charge in [0, 0.05) is 18.5 Å². The molecule has 28 heavy (non-hydrogen) atoms. The molecule has 6 nitrogen and oxygen atoms in total. The first-order valence-electron chi connectivity index (χ1n) is 10.6. The fourth-order valence-electron chi connectivity index (χ4n) is 4.37. The number of hydrogen-bond donors (Lipinski definition) is 1. The summed E-state index contributed by atoms with van der Waals surface area (Å²) < 4.78 is 7.87. The Balaban J connectivity index is 1.41. The number of aryl methyl sites for hydroxylation is 1. The van der Waals surface area contributed by atoms with E-state index in [0.29, 0.717) is 12.6 Å². The predicted octanol–water partition coefficient (Wildman–Crippen LogP) is 4.00. The van der Waals surface area contributed by atoms with E-state index < -0.39 is 0 Å². The molecule has 0 spiro atoms. The summed E-state index contributed by atoms with van der Waals surface area (Å²) in [5, 5.41) is 11.6. The quantitative estimate of drug-likeness (QED) is 0.820. The first kappa shape index (κ1) is 19.0. The van der Waals surface area contributed by atoms with Crippen LogP contribution in [0.25, 0.3) is 11.3 Å². The zero-order chi connectivity index (χ0) is 19.3. The number of aromatic nitrogens is 3. The second-order valence-electron chi connectivity index (χ2n) is 8.11. The van der Waals surface area contributed by atoms with Crippen LogP contribution in [-0.4, -0.2) is 27.0 Å². The molecule has 1 N–H and O–H groups in total. The molecular formula is C22H30N4O2. The number of nitrogens with zero attached hydrogens (tertiary/aromatic N) is 3. The van der Waals surface area contributed by atoms with Crippen molar-refractivity contribution in [1.29, 1.82) is 0 Å². The summed E-state index contributed by atoms with van der Waals surface area (Å²) in [5.41, 5.74) is 2.74. The standard InChI is InChI=1S/C22H30N4O2/c1-26-20(15-23-22(27)17-7-5-6-8-17)21(24-25-26)16-11-13-19(14-12-16)28-18-9-3-2-4-10-18/h11-14,17-18H,2-10,15H2,1H3,(H,23,27). The maximum atomic E-state index is 12.4. The lowest BCUT2D eigenvalue weighted by atomic mass is 9.98. The van der Waals surface area contributed by atoms with Crippen molar-refractivity contribution >= 4 is 5.91 Å². The average Bonchev–Trinajstić information content (AvgIpc) is 3.38. The summed E-state index contributed by atoms with van der Waals surface area (Å²) in [4.78, 5) is 12.4. The van der Waals surface area contributed by atoms with Gasteiger partial charge >= 0.3 is 0 Å². The van der Waals surface area contributed by atoms with Crippen molar-refractivity contribution in [3.8, 4) is 17.0 Å². The van der Waals surface area contributed by atoms with Crippen molar-refractivity contribution < 1.29 is 9.53 Å². The van der Waals surface area contributed by atoms with Crippen LogP contribution in [0.5, 0.6) is 5.75 Å². The molecule has 1 amide bonds. The van der Waals surface area contributed by atoms with Crippen LogP contribution in [-0.2, 0) is 18.4 Å². The van der Waals surface area contributed by atoms with Crippen molar-refractivity contribution in [2.45, 2.75) is 70.4 Å². The molecule has 1 aromatic carbocycles. The van der Waals surface area contributed by atoms with Gasteiger partial charge in [0.05, 0.1) is 18.3 Å². The molecule has 6 heteroatoms. The fourth-order valence-corrected chi connectivity index (χ4v) is 4.37. The lowest BCUT2D eigenvalue weighted by Crippen LogP contribution is -2.29. The van der Waals surface area contributed by atoms with Gasteiger partial charge in [0.2, 0.25) is 5.91 Å². The summed E-state index contributed by atoms with van der Waals surface area (Å²) in [5.74, 6) is 1.23. The van der Waals surface area contributed by atoms with Crippen LogP contribution < -0.4 is 10.1 Å². The van der Waals surface area contributed by atoms with Gasteiger partial charge in [-0.15, -0.1) is 5.10 Å². The highest BCUT2D eigenvalue weighted by Gasteiger charge is 2.23. The van der Waals surface area contributed by atoms with Gasteiger partial charge < -0.3 is 10.1 Å². The molecule has 2 saturated carbocycles. The van der Waals surface area contributed by atoms with Crippen LogP contribution in [0.15, 0.2) is 24.3 Å². The lowest BCUT2D eigenvalue weighted by molar-refractivity contribution is -0.125. The van der Waals surface area contributed by atoms with E-state index in [2.05, 4.69) is 15.6 Å². The number of amides is 1. The number of rotatable bonds is 6. The van der Waals surface area contributed by atoms with Gasteiger partial charge in [-0.2, -0.15) is 0 Å². The Morgan fingerprint density at radius 1 is 1.07 bits per heavy atom. The average molecular weight is 383 g/mol. The van der Waals surface area contributed by atoms with Crippen molar-refractivity contribution in [3.63, 3.8) is 0 Å². The molecule has 0 radical (unpaired) electrons. The van der Waals surface area contributed by atoms with Gasteiger partial charge in [-0.3, -0.25) is 4.79 Å². The summed E-state index contributed by atoms with van der Waals surface area (Å²) in [6, 6.07) is 8.09. The Kier molecular flexibility index (Phi) is 5.93. The molecule has 0 atom stereocenters. The van der Waals surface area contributed by atoms with Gasteiger partial charge in [-0.1, -0.05) is 24.5 Å². The highest BCUT2D eigenvalue weighted by molar-refractivity contribution is 5.79. The van der Waals surface area contributed by atoms with Crippen LogP contribution in [0.2, 0.25) is 0 Å². The van der Waals surface area contributed by atoms with E-state index in [1.54, 1.807) is 4.68 Å². The molecule has 2 aliphatic rings. The van der Waals surface area contributed by atoms with E-state index in [9.17, 15) is 4.79 Å². The van der Waals surface area contributed by atoms with E-state index >= 15 is 0 Å². The normalized spacial score (nSPS) is 18.3. The van der Waals surface area contributed by atoms with E-state index in [1.165, 1.54) is 19.3 Å². The molecule has 0 aliphatic heterocycles. The molecule has 0 saturated heterocycles. The Bertz CT molecular complexity index is 787. The molecule has 0 bridgehead atoms. The smallest absolute Gasteiger partial charge is 0.223 e. The largest absolute Gasteiger partial charge is 0.490 e. The van der Waals surface area contributed by atoms with E-state index in [0.717, 1.165) is 61.2 Å². The second kappa shape index (κ2) is 8.76. The molecule has 1 aromatic heterocycles. The van der Waals surface area contributed by atoms with E-state index in [-0.39, 0.29) is 11.8 Å². The minimum atomic E-state index is 0.154. The number of carbonyl (C=O) groups excluding carboxylic acids is 1. The topological polar surface area (TPSA) is 69.0 Å². The Morgan fingerprint density at radius 3 is 2.46 bits per heavy atom. The lowest BCUT2D eigenvalue weighted by Gasteiger charge is -2.23. The Hall–Kier alpha value is -2.37. The summed E-state index contributed by atoms with van der Waals surface area (Å²) in [6.45, 7) is 0.453. The van der Waals surface area contributed by atoms with Crippen LogP contribution in [0, 0.1) is 5.92 Å². The third-order valence-corrected chi connectivity index (χ3v) is 6.08. The first-order chi connectivity index (χ1) is 13.7. The van der Waals surface area contributed by atoms with E-state index in [4.69, 9.17) is 4.74 Å². The SMILES string of the molecule is Cn1nnc(-c2ccc(OC3CCCCC3)cc2)c1CNC(=O)C1CCCC1. The Morgan fingerprint density at radius 2 is 1.75 bits per heavy atom. The maximum absolute atomic E-state index is 12.4. The van der Waals surface area contributed by atoms with Crippen molar-refractivity contribution in [2.75, 3.05) is 0 Å². The molecule has 150 valence electrons. The molecule has 1 heterocycles. The number of hydrogen-bond acceptors (Lipinski definition) is 4. The number of ether oxygens (including phenoxy) is 1. The van der Waals surface area contributed by atoms with Crippen molar-refractivity contribution in [3.05, 3.63) is 30.0 Å².